The van der Waals surface area contributed by atoms with Gasteiger partial charge < -0.3 is 14.3 Å². The molecule has 0 radical (unpaired) electrons. The van der Waals surface area contributed by atoms with Gasteiger partial charge in [0.25, 0.3) is 0 Å². The standard InChI is InChI=1S/C9H11ClO3S/c10-9-2-1-6(13-9)5-14-8-4-12-3-7(8)11/h1-2,7-8,11H,3-5H2/t7-,8-/m1/s1. The van der Waals surface area contributed by atoms with Gasteiger partial charge in [-0.1, -0.05) is 0 Å². The largest absolute Gasteiger partial charge is 0.449 e. The Labute approximate surface area is 91.4 Å². The molecule has 1 aromatic heterocycles. The summed E-state index contributed by atoms with van der Waals surface area (Å²) in [6, 6.07) is 3.57. The number of rotatable bonds is 3. The lowest BCUT2D eigenvalue weighted by atomic mass is 10.3. The Morgan fingerprint density at radius 3 is 2.93 bits per heavy atom. The number of thioether (sulfide) groups is 1. The molecule has 0 aliphatic carbocycles. The van der Waals surface area contributed by atoms with Gasteiger partial charge in [-0.15, -0.1) is 11.8 Å². The van der Waals surface area contributed by atoms with Crippen molar-refractivity contribution in [3.05, 3.63) is 23.1 Å². The van der Waals surface area contributed by atoms with Crippen molar-refractivity contribution in [2.75, 3.05) is 13.2 Å². The van der Waals surface area contributed by atoms with E-state index in [-0.39, 0.29) is 11.4 Å². The van der Waals surface area contributed by atoms with Crippen molar-refractivity contribution >= 4 is 23.4 Å². The Morgan fingerprint density at radius 1 is 1.50 bits per heavy atom. The van der Waals surface area contributed by atoms with Crippen LogP contribution in [0.15, 0.2) is 16.5 Å². The molecule has 2 atom stereocenters. The number of furan rings is 1. The Kier molecular flexibility index (Phi) is 3.38. The van der Waals surface area contributed by atoms with E-state index in [0.717, 1.165) is 11.5 Å². The van der Waals surface area contributed by atoms with Gasteiger partial charge in [-0.3, -0.25) is 0 Å². The van der Waals surface area contributed by atoms with Crippen LogP contribution in [0.2, 0.25) is 5.22 Å². The molecule has 1 fully saturated rings. The molecule has 5 heteroatoms. The predicted octanol–water partition coefficient (Wildman–Crippen LogP) is 1.93. The minimum atomic E-state index is -0.356. The zero-order valence-corrected chi connectivity index (χ0v) is 9.05. The number of aliphatic hydroxyl groups is 1. The minimum Gasteiger partial charge on any atom is -0.449 e. The zero-order chi connectivity index (χ0) is 9.97. The first-order chi connectivity index (χ1) is 6.75. The second-order valence-corrected chi connectivity index (χ2v) is 4.76. The minimum absolute atomic E-state index is 0.152. The topological polar surface area (TPSA) is 42.6 Å². The Balaban J connectivity index is 1.82. The fraction of sp³-hybridized carbons (Fsp3) is 0.556. The normalized spacial score (nSPS) is 27.0. The molecule has 0 amide bonds. The van der Waals surface area contributed by atoms with Gasteiger partial charge in [-0.2, -0.15) is 0 Å². The SMILES string of the molecule is O[C@@H]1COC[C@H]1SCc1ccc(Cl)o1. The number of ether oxygens (including phenoxy) is 1. The summed E-state index contributed by atoms with van der Waals surface area (Å²) in [5.41, 5.74) is 0. The van der Waals surface area contributed by atoms with E-state index in [0.29, 0.717) is 18.4 Å². The third kappa shape index (κ3) is 2.45. The molecule has 0 spiro atoms. The average Bonchev–Trinajstić information content (AvgIpc) is 2.72. The first kappa shape index (κ1) is 10.4. The first-order valence-corrected chi connectivity index (χ1v) is 5.80. The smallest absolute Gasteiger partial charge is 0.193 e. The van der Waals surface area contributed by atoms with Crippen molar-refractivity contribution < 1.29 is 14.3 Å². The fourth-order valence-electron chi connectivity index (χ4n) is 1.30. The molecular weight excluding hydrogens is 224 g/mol. The van der Waals surface area contributed by atoms with Crippen LogP contribution in [0.5, 0.6) is 0 Å². The summed E-state index contributed by atoms with van der Waals surface area (Å²) in [6.45, 7) is 1.05. The highest BCUT2D eigenvalue weighted by molar-refractivity contribution is 7.99. The van der Waals surface area contributed by atoms with Gasteiger partial charge >= 0.3 is 0 Å². The van der Waals surface area contributed by atoms with E-state index in [4.69, 9.17) is 20.8 Å². The highest BCUT2D eigenvalue weighted by Gasteiger charge is 2.26. The third-order valence-electron chi connectivity index (χ3n) is 2.07. The van der Waals surface area contributed by atoms with Gasteiger partial charge in [0.2, 0.25) is 0 Å². The zero-order valence-electron chi connectivity index (χ0n) is 7.48. The van der Waals surface area contributed by atoms with E-state index in [9.17, 15) is 5.11 Å². The quantitative estimate of drug-likeness (QED) is 0.868. The van der Waals surface area contributed by atoms with Crippen LogP contribution < -0.4 is 0 Å². The summed E-state index contributed by atoms with van der Waals surface area (Å²) in [7, 11) is 0. The van der Waals surface area contributed by atoms with Crippen LogP contribution in [-0.4, -0.2) is 29.7 Å². The molecule has 0 unspecified atom stereocenters. The van der Waals surface area contributed by atoms with Crippen LogP contribution >= 0.6 is 23.4 Å². The van der Waals surface area contributed by atoms with Crippen molar-refractivity contribution in [3.8, 4) is 0 Å². The van der Waals surface area contributed by atoms with E-state index in [1.165, 1.54) is 0 Å². The van der Waals surface area contributed by atoms with Crippen molar-refractivity contribution in [3.63, 3.8) is 0 Å². The van der Waals surface area contributed by atoms with Crippen LogP contribution in [0.1, 0.15) is 5.76 Å². The first-order valence-electron chi connectivity index (χ1n) is 4.37. The molecule has 0 saturated carbocycles. The fourth-order valence-corrected chi connectivity index (χ4v) is 2.49. The number of hydrogen-bond donors (Lipinski definition) is 1. The van der Waals surface area contributed by atoms with Crippen molar-refractivity contribution in [2.45, 2.75) is 17.1 Å². The van der Waals surface area contributed by atoms with Crippen molar-refractivity contribution in [1.82, 2.24) is 0 Å². The number of halogens is 1. The summed E-state index contributed by atoms with van der Waals surface area (Å²) in [6.07, 6.45) is -0.356. The molecule has 2 heterocycles. The summed E-state index contributed by atoms with van der Waals surface area (Å²) in [5, 5.41) is 10.0. The highest BCUT2D eigenvalue weighted by Crippen LogP contribution is 2.26. The second kappa shape index (κ2) is 4.57. The molecule has 1 aliphatic rings. The van der Waals surface area contributed by atoms with E-state index < -0.39 is 0 Å². The van der Waals surface area contributed by atoms with Crippen LogP contribution in [-0.2, 0) is 10.5 Å². The van der Waals surface area contributed by atoms with E-state index in [1.54, 1.807) is 17.8 Å². The summed E-state index contributed by atoms with van der Waals surface area (Å²) < 4.78 is 10.3. The Hall–Kier alpha value is -0.160. The maximum atomic E-state index is 9.47. The molecule has 0 aromatic carbocycles. The highest BCUT2D eigenvalue weighted by atomic mass is 35.5. The lowest BCUT2D eigenvalue weighted by Gasteiger charge is -2.09. The van der Waals surface area contributed by atoms with Crippen molar-refractivity contribution in [2.24, 2.45) is 0 Å². The summed E-state index contributed by atoms with van der Waals surface area (Å²) >= 11 is 7.27. The third-order valence-corrected chi connectivity index (χ3v) is 3.60. The van der Waals surface area contributed by atoms with Gasteiger partial charge in [-0.05, 0) is 23.7 Å². The number of hydrogen-bond acceptors (Lipinski definition) is 4. The Bertz CT molecular complexity index is 302. The molecule has 2 rings (SSSR count). The van der Waals surface area contributed by atoms with Crippen LogP contribution in [0.25, 0.3) is 0 Å². The maximum Gasteiger partial charge on any atom is 0.193 e. The van der Waals surface area contributed by atoms with Crippen LogP contribution in [0.3, 0.4) is 0 Å². The van der Waals surface area contributed by atoms with Gasteiger partial charge in [0.15, 0.2) is 5.22 Å². The monoisotopic (exact) mass is 234 g/mol. The molecule has 1 aromatic rings. The Morgan fingerprint density at radius 2 is 2.36 bits per heavy atom. The lowest BCUT2D eigenvalue weighted by molar-refractivity contribution is 0.127. The molecule has 1 saturated heterocycles. The molecule has 3 nitrogen and oxygen atoms in total. The molecule has 78 valence electrons. The van der Waals surface area contributed by atoms with E-state index in [2.05, 4.69) is 0 Å². The van der Waals surface area contributed by atoms with E-state index in [1.807, 2.05) is 6.07 Å². The lowest BCUT2D eigenvalue weighted by Crippen LogP contribution is -2.20. The average molecular weight is 235 g/mol. The van der Waals surface area contributed by atoms with Crippen molar-refractivity contribution in [1.29, 1.82) is 0 Å². The van der Waals surface area contributed by atoms with Crippen LogP contribution in [0, 0.1) is 0 Å². The van der Waals surface area contributed by atoms with Crippen LogP contribution in [0.4, 0.5) is 0 Å². The second-order valence-electron chi connectivity index (χ2n) is 3.16. The predicted molar refractivity (Wildman–Crippen MR) is 55.6 cm³/mol. The van der Waals surface area contributed by atoms with Gasteiger partial charge in [-0.25, -0.2) is 0 Å². The van der Waals surface area contributed by atoms with Gasteiger partial charge in [0.05, 0.1) is 30.3 Å². The maximum absolute atomic E-state index is 9.47. The molecule has 1 N–H and O–H groups in total. The summed E-state index contributed by atoms with van der Waals surface area (Å²) in [4.78, 5) is 0. The molecule has 1 aliphatic heterocycles. The van der Waals surface area contributed by atoms with Gasteiger partial charge in [0, 0.05) is 0 Å². The van der Waals surface area contributed by atoms with E-state index >= 15 is 0 Å². The molecule has 14 heavy (non-hydrogen) atoms. The number of aliphatic hydroxyl groups excluding tert-OH is 1. The molecular formula is C9H11ClO3S. The van der Waals surface area contributed by atoms with Gasteiger partial charge in [0.1, 0.15) is 5.76 Å². The molecule has 0 bridgehead atoms. The summed E-state index contributed by atoms with van der Waals surface area (Å²) in [5.74, 6) is 1.55.